The topological polar surface area (TPSA) is 63.7 Å². The molecular weight excluding hydrogens is 292 g/mol. The molecule has 0 aromatic heterocycles. The van der Waals surface area contributed by atoms with E-state index in [0.29, 0.717) is 0 Å². The summed E-state index contributed by atoms with van der Waals surface area (Å²) in [6.07, 6.45) is 1.19. The lowest BCUT2D eigenvalue weighted by molar-refractivity contribution is -0.140. The fourth-order valence-corrected chi connectivity index (χ4v) is 2.55. The van der Waals surface area contributed by atoms with E-state index >= 15 is 0 Å². The number of hydrogen-bond acceptors (Lipinski definition) is 4. The first-order chi connectivity index (χ1) is 9.25. The minimum atomic E-state index is -3.66. The number of carbonyl (C=O) groups is 1. The number of nitrogens with zero attached hydrogens (tertiary/aromatic N) is 1. The van der Waals surface area contributed by atoms with Gasteiger partial charge in [0.05, 0.1) is 19.1 Å². The molecule has 0 heterocycles. The molecule has 0 unspecified atom stereocenters. The van der Waals surface area contributed by atoms with Gasteiger partial charge in [-0.15, -0.1) is 0 Å². The van der Waals surface area contributed by atoms with Crippen LogP contribution in [0.1, 0.15) is 12.8 Å². The third kappa shape index (κ3) is 4.44. The Labute approximate surface area is 116 Å². The van der Waals surface area contributed by atoms with Crippen molar-refractivity contribution in [2.75, 3.05) is 24.2 Å². The minimum absolute atomic E-state index is 0.0104. The Kier molecular flexibility index (Phi) is 5.43. The van der Waals surface area contributed by atoms with Gasteiger partial charge < -0.3 is 4.74 Å². The number of methoxy groups -OCH3 is 1. The van der Waals surface area contributed by atoms with E-state index in [1.54, 1.807) is 0 Å². The van der Waals surface area contributed by atoms with E-state index in [-0.39, 0.29) is 25.1 Å². The first-order valence-electron chi connectivity index (χ1n) is 5.75. The molecule has 0 aliphatic heterocycles. The molecule has 0 aliphatic rings. The molecule has 0 atom stereocenters. The zero-order valence-corrected chi connectivity index (χ0v) is 11.9. The molecule has 1 aromatic carbocycles. The van der Waals surface area contributed by atoms with Crippen LogP contribution in [0.2, 0.25) is 0 Å². The number of benzene rings is 1. The van der Waals surface area contributed by atoms with Gasteiger partial charge in [-0.2, -0.15) is 0 Å². The van der Waals surface area contributed by atoms with Gasteiger partial charge in [0.15, 0.2) is 11.6 Å². The number of halogens is 2. The number of esters is 1. The highest BCUT2D eigenvalue weighted by Crippen LogP contribution is 2.21. The summed E-state index contributed by atoms with van der Waals surface area (Å²) in [6.45, 7) is -0.0288. The van der Waals surface area contributed by atoms with Crippen LogP contribution in [0.25, 0.3) is 0 Å². The highest BCUT2D eigenvalue weighted by Gasteiger charge is 2.19. The van der Waals surface area contributed by atoms with E-state index in [1.807, 2.05) is 0 Å². The smallest absolute Gasteiger partial charge is 0.305 e. The van der Waals surface area contributed by atoms with Crippen LogP contribution in [0.4, 0.5) is 14.5 Å². The Bertz CT molecular complexity index is 589. The summed E-state index contributed by atoms with van der Waals surface area (Å²) < 4.78 is 54.7. The summed E-state index contributed by atoms with van der Waals surface area (Å²) in [7, 11) is -2.43. The van der Waals surface area contributed by atoms with Crippen LogP contribution in [-0.4, -0.2) is 34.3 Å². The summed E-state index contributed by atoms with van der Waals surface area (Å²) >= 11 is 0. The maximum atomic E-state index is 13.2. The molecule has 0 spiro atoms. The van der Waals surface area contributed by atoms with E-state index in [4.69, 9.17) is 0 Å². The van der Waals surface area contributed by atoms with Gasteiger partial charge in [-0.25, -0.2) is 17.2 Å². The zero-order valence-electron chi connectivity index (χ0n) is 11.1. The molecule has 0 saturated heterocycles. The third-order valence-electron chi connectivity index (χ3n) is 2.56. The van der Waals surface area contributed by atoms with E-state index in [1.165, 1.54) is 7.11 Å². The van der Waals surface area contributed by atoms with Gasteiger partial charge in [-0.1, -0.05) is 0 Å². The first kappa shape index (κ1) is 16.4. The summed E-state index contributed by atoms with van der Waals surface area (Å²) in [5.41, 5.74) is 0.0104. The third-order valence-corrected chi connectivity index (χ3v) is 3.76. The maximum absolute atomic E-state index is 13.2. The highest BCUT2D eigenvalue weighted by atomic mass is 32.2. The Balaban J connectivity index is 2.90. The zero-order chi connectivity index (χ0) is 15.3. The Morgan fingerprint density at radius 1 is 1.30 bits per heavy atom. The number of carbonyl (C=O) groups excluding carboxylic acids is 1. The predicted molar refractivity (Wildman–Crippen MR) is 69.8 cm³/mol. The Morgan fingerprint density at radius 3 is 2.45 bits per heavy atom. The average molecular weight is 307 g/mol. The predicted octanol–water partition coefficient (Wildman–Crippen LogP) is 1.68. The second kappa shape index (κ2) is 6.65. The van der Waals surface area contributed by atoms with Crippen LogP contribution in [0.5, 0.6) is 0 Å². The molecule has 1 rings (SSSR count). The van der Waals surface area contributed by atoms with Gasteiger partial charge in [0.2, 0.25) is 10.0 Å². The van der Waals surface area contributed by atoms with Crippen molar-refractivity contribution in [3.05, 3.63) is 29.8 Å². The second-order valence-corrected chi connectivity index (χ2v) is 6.02. The van der Waals surface area contributed by atoms with Crippen molar-refractivity contribution in [3.63, 3.8) is 0 Å². The molecule has 0 amide bonds. The van der Waals surface area contributed by atoms with Crippen molar-refractivity contribution in [2.24, 2.45) is 0 Å². The van der Waals surface area contributed by atoms with Gasteiger partial charge in [-0.05, 0) is 18.6 Å². The largest absolute Gasteiger partial charge is 0.469 e. The molecule has 112 valence electrons. The van der Waals surface area contributed by atoms with Gasteiger partial charge in [0.1, 0.15) is 0 Å². The molecule has 0 radical (unpaired) electrons. The maximum Gasteiger partial charge on any atom is 0.305 e. The van der Waals surface area contributed by atoms with Gasteiger partial charge >= 0.3 is 5.97 Å². The quantitative estimate of drug-likeness (QED) is 0.750. The molecule has 20 heavy (non-hydrogen) atoms. The number of ether oxygens (including phenoxy) is 1. The van der Waals surface area contributed by atoms with E-state index in [2.05, 4.69) is 4.74 Å². The van der Waals surface area contributed by atoms with Crippen molar-refractivity contribution in [2.45, 2.75) is 12.8 Å². The Hall–Kier alpha value is -1.70. The summed E-state index contributed by atoms with van der Waals surface area (Å²) in [5, 5.41) is 0. The standard InChI is InChI=1S/C12H15F2NO4S/c1-19-12(16)4-3-7-15(20(2,17)18)9-5-6-10(13)11(14)8-9/h5-6,8H,3-4,7H2,1-2H3. The number of rotatable bonds is 6. The molecule has 0 aliphatic carbocycles. The lowest BCUT2D eigenvalue weighted by Gasteiger charge is -2.22. The lowest BCUT2D eigenvalue weighted by Crippen LogP contribution is -2.31. The molecule has 5 nitrogen and oxygen atoms in total. The van der Waals surface area contributed by atoms with E-state index in [0.717, 1.165) is 28.8 Å². The molecule has 0 bridgehead atoms. The molecule has 8 heteroatoms. The number of anilines is 1. The molecule has 1 aromatic rings. The second-order valence-electron chi connectivity index (χ2n) is 4.11. The number of sulfonamides is 1. The van der Waals surface area contributed by atoms with Crippen molar-refractivity contribution in [1.29, 1.82) is 0 Å². The fourth-order valence-electron chi connectivity index (χ4n) is 1.60. The molecule has 0 saturated carbocycles. The van der Waals surface area contributed by atoms with Gasteiger partial charge in [-0.3, -0.25) is 9.10 Å². The average Bonchev–Trinajstić information content (AvgIpc) is 2.36. The molecular formula is C12H15F2NO4S. The van der Waals surface area contributed by atoms with Crippen LogP contribution in [0.15, 0.2) is 18.2 Å². The van der Waals surface area contributed by atoms with Crippen molar-refractivity contribution in [1.82, 2.24) is 0 Å². The van der Waals surface area contributed by atoms with Crippen LogP contribution in [0.3, 0.4) is 0 Å². The fraction of sp³-hybridized carbons (Fsp3) is 0.417. The summed E-state index contributed by atoms with van der Waals surface area (Å²) in [4.78, 5) is 11.0. The van der Waals surface area contributed by atoms with Crippen molar-refractivity contribution in [3.8, 4) is 0 Å². The minimum Gasteiger partial charge on any atom is -0.469 e. The van der Waals surface area contributed by atoms with Crippen LogP contribution < -0.4 is 4.31 Å². The normalized spacial score (nSPS) is 11.2. The van der Waals surface area contributed by atoms with Crippen LogP contribution in [-0.2, 0) is 19.6 Å². The first-order valence-corrected chi connectivity index (χ1v) is 7.60. The summed E-state index contributed by atoms with van der Waals surface area (Å²) in [6, 6.07) is 2.81. The lowest BCUT2D eigenvalue weighted by atomic mass is 10.2. The van der Waals surface area contributed by atoms with E-state index in [9.17, 15) is 22.0 Å². The van der Waals surface area contributed by atoms with Crippen molar-refractivity contribution >= 4 is 21.7 Å². The van der Waals surface area contributed by atoms with E-state index < -0.39 is 27.6 Å². The SMILES string of the molecule is COC(=O)CCCN(c1ccc(F)c(F)c1)S(C)(=O)=O. The summed E-state index contributed by atoms with van der Waals surface area (Å²) in [5.74, 6) is -2.66. The highest BCUT2D eigenvalue weighted by molar-refractivity contribution is 7.92. The van der Waals surface area contributed by atoms with Gasteiger partial charge in [0.25, 0.3) is 0 Å². The monoisotopic (exact) mass is 307 g/mol. The van der Waals surface area contributed by atoms with Crippen LogP contribution in [0, 0.1) is 11.6 Å². The van der Waals surface area contributed by atoms with Gasteiger partial charge in [0, 0.05) is 19.0 Å². The molecule has 0 N–H and O–H groups in total. The molecule has 0 fully saturated rings. The number of hydrogen-bond donors (Lipinski definition) is 0. The Morgan fingerprint density at radius 2 is 1.95 bits per heavy atom. The van der Waals surface area contributed by atoms with Crippen molar-refractivity contribution < 1.29 is 26.7 Å². The van der Waals surface area contributed by atoms with Crippen LogP contribution >= 0.6 is 0 Å².